The number of hydrogen-bond acceptors (Lipinski definition) is 3. The van der Waals surface area contributed by atoms with Crippen LogP contribution in [0.5, 0.6) is 0 Å². The summed E-state index contributed by atoms with van der Waals surface area (Å²) in [5.41, 5.74) is 5.56. The highest BCUT2D eigenvalue weighted by Crippen LogP contribution is 2.18. The fourth-order valence-electron chi connectivity index (χ4n) is 3.38. The highest BCUT2D eigenvalue weighted by atomic mass is 15.3. The highest BCUT2D eigenvalue weighted by molar-refractivity contribution is 5.29. The lowest BCUT2D eigenvalue weighted by Crippen LogP contribution is -2.36. The molecule has 0 fully saturated rings. The first kappa shape index (κ1) is 16.2. The van der Waals surface area contributed by atoms with Gasteiger partial charge in [-0.05, 0) is 23.5 Å². The van der Waals surface area contributed by atoms with E-state index >= 15 is 0 Å². The van der Waals surface area contributed by atoms with E-state index in [2.05, 4.69) is 59.6 Å². The third kappa shape index (κ3) is 4.01. The van der Waals surface area contributed by atoms with Crippen LogP contribution in [0.25, 0.3) is 0 Å². The van der Waals surface area contributed by atoms with Crippen LogP contribution in [-0.2, 0) is 26.6 Å². The molecule has 4 nitrogen and oxygen atoms in total. The third-order valence-corrected chi connectivity index (χ3v) is 4.61. The molecule has 0 aliphatic carbocycles. The van der Waals surface area contributed by atoms with Gasteiger partial charge >= 0.3 is 0 Å². The molecule has 0 radical (unpaired) electrons. The minimum absolute atomic E-state index is 0.478. The van der Waals surface area contributed by atoms with E-state index in [9.17, 15) is 0 Å². The molecule has 124 valence electrons. The molecule has 0 bridgehead atoms. The van der Waals surface area contributed by atoms with E-state index in [0.717, 1.165) is 26.2 Å². The van der Waals surface area contributed by atoms with Crippen LogP contribution in [0.15, 0.2) is 30.5 Å². The van der Waals surface area contributed by atoms with Gasteiger partial charge in [0.15, 0.2) is 0 Å². The van der Waals surface area contributed by atoms with Crippen LogP contribution in [-0.4, -0.2) is 34.3 Å². The second kappa shape index (κ2) is 7.28. The Balaban J connectivity index is 1.46. The Morgan fingerprint density at radius 3 is 2.78 bits per heavy atom. The molecule has 0 spiro atoms. The number of fused-ring (bicyclic) bond motifs is 1. The van der Waals surface area contributed by atoms with E-state index < -0.39 is 0 Å². The molecule has 2 heterocycles. The highest BCUT2D eigenvalue weighted by Gasteiger charge is 2.15. The Morgan fingerprint density at radius 2 is 2.00 bits per heavy atom. The summed E-state index contributed by atoms with van der Waals surface area (Å²) in [6.45, 7) is 9.70. The van der Waals surface area contributed by atoms with Gasteiger partial charge < -0.3 is 5.32 Å². The molecule has 1 aromatic carbocycles. The molecule has 1 aromatic heterocycles. The Kier molecular flexibility index (Phi) is 5.13. The van der Waals surface area contributed by atoms with Crippen LogP contribution in [0.4, 0.5) is 0 Å². The summed E-state index contributed by atoms with van der Waals surface area (Å²) < 4.78 is 1.92. The maximum absolute atomic E-state index is 4.57. The predicted molar refractivity (Wildman–Crippen MR) is 94.4 cm³/mol. The van der Waals surface area contributed by atoms with Gasteiger partial charge in [-0.1, -0.05) is 38.1 Å². The van der Waals surface area contributed by atoms with Crippen LogP contribution >= 0.6 is 0 Å². The Labute approximate surface area is 139 Å². The van der Waals surface area contributed by atoms with Gasteiger partial charge in [0.05, 0.1) is 5.69 Å². The molecule has 0 saturated heterocycles. The van der Waals surface area contributed by atoms with Gasteiger partial charge in [-0.2, -0.15) is 5.10 Å². The van der Waals surface area contributed by atoms with Crippen LogP contribution < -0.4 is 5.32 Å². The molecule has 1 aliphatic heterocycles. The number of benzene rings is 1. The maximum Gasteiger partial charge on any atom is 0.0694 e. The molecule has 2 aromatic rings. The topological polar surface area (TPSA) is 33.1 Å². The van der Waals surface area contributed by atoms with Gasteiger partial charge in [0.25, 0.3) is 0 Å². The van der Waals surface area contributed by atoms with Crippen molar-refractivity contribution in [3.63, 3.8) is 0 Å². The van der Waals surface area contributed by atoms with Crippen LogP contribution in [0.3, 0.4) is 0 Å². The van der Waals surface area contributed by atoms with Crippen molar-refractivity contribution >= 4 is 0 Å². The van der Waals surface area contributed by atoms with Crippen molar-refractivity contribution in [2.75, 3.05) is 19.6 Å². The molecule has 23 heavy (non-hydrogen) atoms. The minimum Gasteiger partial charge on any atom is -0.311 e. The molecule has 0 amide bonds. The molecule has 1 aliphatic rings. The van der Waals surface area contributed by atoms with Crippen LogP contribution in [0.2, 0.25) is 0 Å². The zero-order chi connectivity index (χ0) is 16.2. The lowest BCUT2D eigenvalue weighted by molar-refractivity contribution is 0.254. The lowest BCUT2D eigenvalue weighted by atomic mass is 10.00. The Morgan fingerprint density at radius 1 is 1.22 bits per heavy atom. The lowest BCUT2D eigenvalue weighted by Gasteiger charge is -2.28. The molecule has 0 saturated carbocycles. The van der Waals surface area contributed by atoms with E-state index in [1.807, 2.05) is 11.7 Å². The minimum atomic E-state index is 0.478. The second-order valence-corrected chi connectivity index (χ2v) is 6.84. The average molecular weight is 312 g/mol. The van der Waals surface area contributed by atoms with Gasteiger partial charge in [-0.25, -0.2) is 0 Å². The Hall–Kier alpha value is -1.65. The largest absolute Gasteiger partial charge is 0.311 e. The summed E-state index contributed by atoms with van der Waals surface area (Å²) in [6, 6.07) is 8.83. The number of hydrogen-bond donors (Lipinski definition) is 1. The fourth-order valence-corrected chi connectivity index (χ4v) is 3.38. The molecule has 0 unspecified atom stereocenters. The van der Waals surface area contributed by atoms with Crippen molar-refractivity contribution in [1.82, 2.24) is 20.0 Å². The van der Waals surface area contributed by atoms with Gasteiger partial charge in [0.2, 0.25) is 0 Å². The van der Waals surface area contributed by atoms with Crippen LogP contribution in [0.1, 0.15) is 42.1 Å². The summed E-state index contributed by atoms with van der Waals surface area (Å²) in [7, 11) is 2.00. The first-order valence-corrected chi connectivity index (χ1v) is 8.65. The molecule has 0 atom stereocenters. The average Bonchev–Trinajstić information content (AvgIpc) is 2.92. The zero-order valence-electron chi connectivity index (χ0n) is 14.5. The standard InChI is InChI=1S/C19H28N4/c1-15(2)19-18(13-22(3)21-19)12-20-9-11-23-10-8-16-6-4-5-7-17(16)14-23/h4-7,13,15,20H,8-12,14H2,1-3H3. The first-order chi connectivity index (χ1) is 11.1. The summed E-state index contributed by atoms with van der Waals surface area (Å²) in [5.74, 6) is 0.478. The predicted octanol–water partition coefficient (Wildman–Crippen LogP) is 2.69. The number of nitrogens with one attached hydrogen (secondary N) is 1. The molecular formula is C19H28N4. The number of nitrogens with zero attached hydrogens (tertiary/aromatic N) is 3. The summed E-state index contributed by atoms with van der Waals surface area (Å²) in [5, 5.41) is 8.16. The quantitative estimate of drug-likeness (QED) is 0.833. The van der Waals surface area contributed by atoms with E-state index in [1.165, 1.54) is 35.3 Å². The molecule has 4 heteroatoms. The Bertz CT molecular complexity index is 645. The number of aromatic nitrogens is 2. The second-order valence-electron chi connectivity index (χ2n) is 6.84. The molecular weight excluding hydrogens is 284 g/mol. The van der Waals surface area contributed by atoms with E-state index in [4.69, 9.17) is 0 Å². The summed E-state index contributed by atoms with van der Waals surface area (Å²) >= 11 is 0. The fraction of sp³-hybridized carbons (Fsp3) is 0.526. The SMILES string of the molecule is CC(C)c1nn(C)cc1CNCCN1CCc2ccccc2C1. The summed E-state index contributed by atoms with van der Waals surface area (Å²) in [4.78, 5) is 2.54. The van der Waals surface area contributed by atoms with Crippen molar-refractivity contribution < 1.29 is 0 Å². The van der Waals surface area contributed by atoms with Crippen molar-refractivity contribution in [3.05, 3.63) is 52.8 Å². The van der Waals surface area contributed by atoms with Crippen molar-refractivity contribution in [2.45, 2.75) is 39.3 Å². The van der Waals surface area contributed by atoms with Gasteiger partial charge in [0.1, 0.15) is 0 Å². The van der Waals surface area contributed by atoms with Gasteiger partial charge in [0, 0.05) is 51.5 Å². The van der Waals surface area contributed by atoms with Gasteiger partial charge in [-0.15, -0.1) is 0 Å². The van der Waals surface area contributed by atoms with Crippen molar-refractivity contribution in [1.29, 1.82) is 0 Å². The van der Waals surface area contributed by atoms with E-state index in [1.54, 1.807) is 0 Å². The monoisotopic (exact) mass is 312 g/mol. The summed E-state index contributed by atoms with van der Waals surface area (Å²) in [6.07, 6.45) is 3.32. The van der Waals surface area contributed by atoms with E-state index in [-0.39, 0.29) is 0 Å². The first-order valence-electron chi connectivity index (χ1n) is 8.65. The van der Waals surface area contributed by atoms with E-state index in [0.29, 0.717) is 5.92 Å². The van der Waals surface area contributed by atoms with Crippen molar-refractivity contribution in [3.8, 4) is 0 Å². The van der Waals surface area contributed by atoms with Crippen LogP contribution in [0, 0.1) is 0 Å². The number of rotatable bonds is 6. The number of aryl methyl sites for hydroxylation is 1. The smallest absolute Gasteiger partial charge is 0.0694 e. The third-order valence-electron chi connectivity index (χ3n) is 4.61. The zero-order valence-corrected chi connectivity index (χ0v) is 14.5. The normalized spacial score (nSPS) is 15.1. The maximum atomic E-state index is 4.57. The molecule has 1 N–H and O–H groups in total. The molecule has 3 rings (SSSR count). The van der Waals surface area contributed by atoms with Gasteiger partial charge in [-0.3, -0.25) is 9.58 Å². The van der Waals surface area contributed by atoms with Crippen molar-refractivity contribution in [2.24, 2.45) is 7.05 Å².